The third-order valence-electron chi connectivity index (χ3n) is 2.82. The summed E-state index contributed by atoms with van der Waals surface area (Å²) in [5.41, 5.74) is 0.806. The van der Waals surface area contributed by atoms with Gasteiger partial charge in [0.05, 0.1) is 15.4 Å². The molecule has 1 aromatic rings. The van der Waals surface area contributed by atoms with Crippen LogP contribution in [0.1, 0.15) is 6.92 Å². The van der Waals surface area contributed by atoms with E-state index in [2.05, 4.69) is 37.0 Å². The Balaban J connectivity index is 2.27. The number of oxime groups is 1. The Kier molecular flexibility index (Phi) is 5.00. The second kappa shape index (κ2) is 6.41. The molecule has 0 bridgehead atoms. The van der Waals surface area contributed by atoms with E-state index in [0.717, 1.165) is 0 Å². The van der Waals surface area contributed by atoms with Crippen molar-refractivity contribution >= 4 is 53.5 Å². The number of Topliss-reactive ketones (excluding diaryl/α,β-unsaturated/α-hetero) is 1. The summed E-state index contributed by atoms with van der Waals surface area (Å²) in [6.07, 6.45) is 1.50. The van der Waals surface area contributed by atoms with E-state index < -0.39 is 19.8 Å². The number of rotatable bonds is 3. The maximum absolute atomic E-state index is 12.0. The SMILES string of the molecule is CC1=C/C(=N\OS(=O)(=O)c2ccccc2)C(Br)C(Br)C1=O. The second-order valence-corrected chi connectivity index (χ2v) is 7.85. The Labute approximate surface area is 139 Å². The molecule has 0 amide bonds. The van der Waals surface area contributed by atoms with Crippen molar-refractivity contribution < 1.29 is 17.5 Å². The van der Waals surface area contributed by atoms with Crippen LogP contribution in [0.5, 0.6) is 0 Å². The smallest absolute Gasteiger partial charge is 0.293 e. The van der Waals surface area contributed by atoms with Crippen LogP contribution < -0.4 is 0 Å². The molecule has 112 valence electrons. The summed E-state index contributed by atoms with van der Waals surface area (Å²) in [6, 6.07) is 7.72. The van der Waals surface area contributed by atoms with Gasteiger partial charge in [-0.05, 0) is 30.7 Å². The van der Waals surface area contributed by atoms with Crippen molar-refractivity contribution in [1.29, 1.82) is 0 Å². The van der Waals surface area contributed by atoms with Gasteiger partial charge in [0.15, 0.2) is 5.78 Å². The van der Waals surface area contributed by atoms with E-state index >= 15 is 0 Å². The lowest BCUT2D eigenvalue weighted by molar-refractivity contribution is -0.114. The molecule has 0 saturated heterocycles. The summed E-state index contributed by atoms with van der Waals surface area (Å²) in [5, 5.41) is 3.67. The first kappa shape index (κ1) is 16.4. The Morgan fingerprint density at radius 3 is 2.38 bits per heavy atom. The van der Waals surface area contributed by atoms with Gasteiger partial charge in [-0.1, -0.05) is 55.2 Å². The molecule has 5 nitrogen and oxygen atoms in total. The minimum atomic E-state index is -3.97. The molecular weight excluding hydrogens is 426 g/mol. The number of hydrogen-bond donors (Lipinski definition) is 0. The predicted molar refractivity (Wildman–Crippen MR) is 86.3 cm³/mol. The van der Waals surface area contributed by atoms with Crippen molar-refractivity contribution in [3.63, 3.8) is 0 Å². The Hall–Kier alpha value is -0.990. The lowest BCUT2D eigenvalue weighted by Gasteiger charge is -2.21. The molecule has 2 rings (SSSR count). The van der Waals surface area contributed by atoms with Gasteiger partial charge < -0.3 is 0 Å². The molecule has 0 aliphatic heterocycles. The van der Waals surface area contributed by atoms with Crippen LogP contribution in [0.25, 0.3) is 0 Å². The molecule has 1 aliphatic rings. The van der Waals surface area contributed by atoms with E-state index in [1.807, 2.05) is 0 Å². The first-order chi connectivity index (χ1) is 9.83. The topological polar surface area (TPSA) is 72.8 Å². The monoisotopic (exact) mass is 435 g/mol. The molecule has 0 heterocycles. The fourth-order valence-electron chi connectivity index (χ4n) is 1.67. The molecule has 2 atom stereocenters. The number of allylic oxidation sites excluding steroid dienone is 2. The summed E-state index contributed by atoms with van der Waals surface area (Å²) >= 11 is 6.54. The molecule has 1 aromatic carbocycles. The molecule has 1 aliphatic carbocycles. The van der Waals surface area contributed by atoms with Crippen LogP contribution in [-0.2, 0) is 19.2 Å². The van der Waals surface area contributed by atoms with E-state index in [-0.39, 0.29) is 10.7 Å². The predicted octanol–water partition coefficient (Wildman–Crippen LogP) is 2.80. The third kappa shape index (κ3) is 3.61. The highest BCUT2D eigenvalue weighted by molar-refractivity contribution is 9.12. The molecule has 8 heteroatoms. The zero-order chi connectivity index (χ0) is 15.6. The van der Waals surface area contributed by atoms with Crippen molar-refractivity contribution in [2.24, 2.45) is 5.16 Å². The van der Waals surface area contributed by atoms with Crippen molar-refractivity contribution in [1.82, 2.24) is 0 Å². The van der Waals surface area contributed by atoms with Gasteiger partial charge in [0.25, 0.3) is 0 Å². The van der Waals surface area contributed by atoms with Crippen LogP contribution in [0.2, 0.25) is 0 Å². The number of carbonyl (C=O) groups is 1. The quantitative estimate of drug-likeness (QED) is 0.539. The fourth-order valence-corrected chi connectivity index (χ4v) is 3.52. The molecule has 0 radical (unpaired) electrons. The lowest BCUT2D eigenvalue weighted by Crippen LogP contribution is -2.35. The molecule has 0 saturated carbocycles. The van der Waals surface area contributed by atoms with E-state index in [9.17, 15) is 13.2 Å². The van der Waals surface area contributed by atoms with Gasteiger partial charge >= 0.3 is 10.1 Å². The molecule has 0 N–H and O–H groups in total. The van der Waals surface area contributed by atoms with E-state index in [1.54, 1.807) is 25.1 Å². The van der Waals surface area contributed by atoms with Gasteiger partial charge in [0, 0.05) is 0 Å². The van der Waals surface area contributed by atoms with Crippen LogP contribution in [0, 0.1) is 0 Å². The lowest BCUT2D eigenvalue weighted by atomic mass is 9.98. The maximum atomic E-state index is 12.0. The zero-order valence-corrected chi connectivity index (χ0v) is 14.9. The van der Waals surface area contributed by atoms with E-state index in [4.69, 9.17) is 4.28 Å². The standard InChI is InChI=1S/C13H11Br2NO4S/c1-8-7-10(11(14)12(15)13(8)17)16-20-21(18,19)9-5-3-2-4-6-9/h2-7,11-12H,1H3/b16-10+. The van der Waals surface area contributed by atoms with Crippen molar-refractivity contribution in [3.05, 3.63) is 42.0 Å². The van der Waals surface area contributed by atoms with Crippen LogP contribution in [0.4, 0.5) is 0 Å². The number of benzene rings is 1. The number of ketones is 1. The summed E-state index contributed by atoms with van der Waals surface area (Å²) in [7, 11) is -3.97. The molecule has 0 aromatic heterocycles. The number of alkyl halides is 2. The van der Waals surface area contributed by atoms with Gasteiger partial charge in [-0.2, -0.15) is 8.42 Å². The number of carbonyl (C=O) groups excluding carboxylic acids is 1. The molecule has 21 heavy (non-hydrogen) atoms. The third-order valence-corrected chi connectivity index (χ3v) is 6.59. The minimum Gasteiger partial charge on any atom is -0.293 e. The molecule has 0 spiro atoms. The highest BCUT2D eigenvalue weighted by atomic mass is 79.9. The van der Waals surface area contributed by atoms with Crippen LogP contribution >= 0.6 is 31.9 Å². The minimum absolute atomic E-state index is 0.0171. The highest BCUT2D eigenvalue weighted by Gasteiger charge is 2.33. The molecular formula is C13H11Br2NO4S. The largest absolute Gasteiger partial charge is 0.358 e. The van der Waals surface area contributed by atoms with Crippen LogP contribution in [-0.4, -0.2) is 29.6 Å². The van der Waals surface area contributed by atoms with Crippen molar-refractivity contribution in [2.45, 2.75) is 21.5 Å². The zero-order valence-electron chi connectivity index (χ0n) is 10.9. The van der Waals surface area contributed by atoms with Gasteiger partial charge in [-0.15, -0.1) is 0 Å². The summed E-state index contributed by atoms with van der Waals surface area (Å²) < 4.78 is 28.6. The van der Waals surface area contributed by atoms with Crippen LogP contribution in [0.3, 0.4) is 0 Å². The van der Waals surface area contributed by atoms with E-state index in [1.165, 1.54) is 18.2 Å². The maximum Gasteiger partial charge on any atom is 0.358 e. The molecule has 2 unspecified atom stereocenters. The van der Waals surface area contributed by atoms with Gasteiger partial charge in [0.1, 0.15) is 4.90 Å². The number of halogens is 2. The normalized spacial score (nSPS) is 24.8. The van der Waals surface area contributed by atoms with Gasteiger partial charge in [0.2, 0.25) is 0 Å². The highest BCUT2D eigenvalue weighted by Crippen LogP contribution is 2.26. The average molecular weight is 437 g/mol. The van der Waals surface area contributed by atoms with E-state index in [0.29, 0.717) is 11.3 Å². The number of hydrogen-bond acceptors (Lipinski definition) is 5. The first-order valence-corrected chi connectivity index (χ1v) is 9.14. The van der Waals surface area contributed by atoms with Crippen LogP contribution in [0.15, 0.2) is 52.0 Å². The summed E-state index contributed by atoms with van der Waals surface area (Å²) in [5.74, 6) is -0.0817. The fraction of sp³-hybridized carbons (Fsp3) is 0.231. The summed E-state index contributed by atoms with van der Waals surface area (Å²) in [4.78, 5) is 10.8. The van der Waals surface area contributed by atoms with Gasteiger partial charge in [-0.25, -0.2) is 0 Å². The Morgan fingerprint density at radius 1 is 1.14 bits per heavy atom. The first-order valence-electron chi connectivity index (χ1n) is 5.90. The summed E-state index contributed by atoms with van der Waals surface area (Å²) in [6.45, 7) is 1.64. The van der Waals surface area contributed by atoms with Crippen molar-refractivity contribution in [3.8, 4) is 0 Å². The average Bonchev–Trinajstić information content (AvgIpc) is 2.48. The second-order valence-electron chi connectivity index (χ2n) is 4.35. The molecule has 0 fully saturated rings. The van der Waals surface area contributed by atoms with Crippen molar-refractivity contribution in [2.75, 3.05) is 0 Å². The number of nitrogens with zero attached hydrogens (tertiary/aromatic N) is 1. The Bertz CT molecular complexity index is 713. The van der Waals surface area contributed by atoms with Gasteiger partial charge in [-0.3, -0.25) is 9.08 Å². The Morgan fingerprint density at radius 2 is 1.76 bits per heavy atom.